The average Bonchev–Trinajstić information content (AvgIpc) is 3.54. The van der Waals surface area contributed by atoms with Crippen LogP contribution in [0.5, 0.6) is 6.01 Å². The van der Waals surface area contributed by atoms with Crippen molar-refractivity contribution in [3.8, 4) is 6.01 Å². The molecule has 0 saturated carbocycles. The number of carboxylic acids is 1. The number of hydrogen-bond acceptors (Lipinski definition) is 10. The van der Waals surface area contributed by atoms with Gasteiger partial charge in [-0.2, -0.15) is 14.3 Å². The molecule has 50 heavy (non-hydrogen) atoms. The van der Waals surface area contributed by atoms with Crippen molar-refractivity contribution in [2.45, 2.75) is 50.7 Å². The van der Waals surface area contributed by atoms with E-state index in [1.165, 1.54) is 10.6 Å². The van der Waals surface area contributed by atoms with Gasteiger partial charge < -0.3 is 29.2 Å². The van der Waals surface area contributed by atoms with Crippen LogP contribution in [0.15, 0.2) is 36.4 Å². The standard InChI is InChI=1S/C35H44ClN7O6S/c1-37-21-27-22-42(17-18-43(27)50(2,46)47)34-28-12-16-41(31-11-4-8-25-7-3-10-29(36)33(25)31)23-30(28)38-35(39-34)49-24-26-9-5-14-40(26)15-6-19-48-20-13-32(44)45/h3-4,7-8,10-11,26-27H,5-6,9,12-24H2,2H3,(H,44,45)/t26-,27-/m0/s1. The van der Waals surface area contributed by atoms with Crippen LogP contribution in [0.3, 0.4) is 0 Å². The Hall–Kier alpha value is -3.74. The van der Waals surface area contributed by atoms with Crippen molar-refractivity contribution in [3.05, 3.63) is 64.1 Å². The zero-order chi connectivity index (χ0) is 35.3. The minimum atomic E-state index is -3.47. The maximum Gasteiger partial charge on any atom is 0.318 e. The lowest BCUT2D eigenvalue weighted by Crippen LogP contribution is -2.56. The zero-order valence-electron chi connectivity index (χ0n) is 28.3. The van der Waals surface area contributed by atoms with Crippen LogP contribution in [0.4, 0.5) is 11.5 Å². The second-order valence-electron chi connectivity index (χ2n) is 13.1. The summed E-state index contributed by atoms with van der Waals surface area (Å²) in [7, 11) is -3.47. The number of likely N-dealkylation sites (tertiary alicyclic amines) is 1. The lowest BCUT2D eigenvalue weighted by Gasteiger charge is -2.40. The van der Waals surface area contributed by atoms with Gasteiger partial charge in [0.25, 0.3) is 0 Å². The van der Waals surface area contributed by atoms with Crippen LogP contribution in [0, 0.1) is 6.57 Å². The van der Waals surface area contributed by atoms with Crippen molar-refractivity contribution in [2.24, 2.45) is 0 Å². The van der Waals surface area contributed by atoms with Gasteiger partial charge in [0.15, 0.2) is 0 Å². The molecule has 2 saturated heterocycles. The monoisotopic (exact) mass is 725 g/mol. The van der Waals surface area contributed by atoms with E-state index in [1.54, 1.807) is 0 Å². The second kappa shape index (κ2) is 16.1. The van der Waals surface area contributed by atoms with E-state index in [0.717, 1.165) is 72.4 Å². The highest BCUT2D eigenvalue weighted by Gasteiger charge is 2.37. The Kier molecular flexibility index (Phi) is 11.6. The van der Waals surface area contributed by atoms with E-state index >= 15 is 0 Å². The van der Waals surface area contributed by atoms with Crippen LogP contribution in [0.2, 0.25) is 5.02 Å². The molecule has 2 fully saturated rings. The van der Waals surface area contributed by atoms with E-state index in [4.69, 9.17) is 42.7 Å². The molecular weight excluding hydrogens is 682 g/mol. The van der Waals surface area contributed by atoms with Crippen LogP contribution in [-0.4, -0.2) is 123 Å². The third-order valence-electron chi connectivity index (χ3n) is 9.75. The number of ether oxygens (including phenoxy) is 2. The van der Waals surface area contributed by atoms with Gasteiger partial charge in [0.2, 0.25) is 16.6 Å². The molecule has 3 aromatic rings. The van der Waals surface area contributed by atoms with E-state index in [9.17, 15) is 13.2 Å². The van der Waals surface area contributed by atoms with Crippen molar-refractivity contribution < 1.29 is 27.8 Å². The van der Waals surface area contributed by atoms with Gasteiger partial charge in [0, 0.05) is 62.0 Å². The van der Waals surface area contributed by atoms with Gasteiger partial charge >= 0.3 is 12.0 Å². The van der Waals surface area contributed by atoms with Crippen molar-refractivity contribution in [3.63, 3.8) is 0 Å². The topological polar surface area (TPSA) is 133 Å². The molecule has 13 nitrogen and oxygen atoms in total. The number of aromatic nitrogens is 2. The molecule has 6 rings (SSSR count). The summed E-state index contributed by atoms with van der Waals surface area (Å²) in [4.78, 5) is 31.0. The van der Waals surface area contributed by atoms with Crippen molar-refractivity contribution in [1.82, 2.24) is 19.2 Å². The first-order valence-corrected chi connectivity index (χ1v) is 19.4. The average molecular weight is 726 g/mol. The number of sulfonamides is 1. The van der Waals surface area contributed by atoms with Gasteiger partial charge in [0.1, 0.15) is 18.5 Å². The highest BCUT2D eigenvalue weighted by Crippen LogP contribution is 2.37. The largest absolute Gasteiger partial charge is 0.481 e. The third kappa shape index (κ3) is 8.41. The van der Waals surface area contributed by atoms with Crippen LogP contribution in [0.25, 0.3) is 15.6 Å². The molecule has 268 valence electrons. The summed E-state index contributed by atoms with van der Waals surface area (Å²) in [6, 6.07) is 12.1. The maximum atomic E-state index is 12.6. The lowest BCUT2D eigenvalue weighted by molar-refractivity contribution is -0.138. The van der Waals surface area contributed by atoms with Gasteiger partial charge in [-0.25, -0.2) is 15.0 Å². The molecule has 1 N–H and O–H groups in total. The zero-order valence-corrected chi connectivity index (χ0v) is 29.9. The summed E-state index contributed by atoms with van der Waals surface area (Å²) >= 11 is 6.72. The Bertz CT molecular complexity index is 1830. The smallest absolute Gasteiger partial charge is 0.318 e. The molecule has 0 bridgehead atoms. The number of benzene rings is 2. The minimum Gasteiger partial charge on any atom is -0.481 e. The molecule has 2 atom stereocenters. The fourth-order valence-corrected chi connectivity index (χ4v) is 8.73. The van der Waals surface area contributed by atoms with E-state index < -0.39 is 22.0 Å². The summed E-state index contributed by atoms with van der Waals surface area (Å²) in [5, 5.41) is 11.6. The lowest BCUT2D eigenvalue weighted by atomic mass is 10.0. The van der Waals surface area contributed by atoms with Gasteiger partial charge in [-0.1, -0.05) is 35.9 Å². The highest BCUT2D eigenvalue weighted by atomic mass is 35.5. The number of fused-ring (bicyclic) bond motifs is 2. The number of piperazine rings is 1. The molecule has 0 amide bonds. The Labute approximate surface area is 298 Å². The summed E-state index contributed by atoms with van der Waals surface area (Å²) < 4.78 is 38.5. The molecule has 0 aliphatic carbocycles. The van der Waals surface area contributed by atoms with E-state index in [1.807, 2.05) is 18.2 Å². The summed E-state index contributed by atoms with van der Waals surface area (Å²) in [5.74, 6) is -0.121. The molecule has 3 aliphatic heterocycles. The van der Waals surface area contributed by atoms with Crippen LogP contribution >= 0.6 is 11.6 Å². The third-order valence-corrected chi connectivity index (χ3v) is 11.4. The number of carbonyl (C=O) groups is 1. The van der Waals surface area contributed by atoms with Crippen molar-refractivity contribution >= 4 is 49.9 Å². The first-order valence-electron chi connectivity index (χ1n) is 17.2. The molecular formula is C35H44ClN7O6S. The molecule has 0 unspecified atom stereocenters. The van der Waals surface area contributed by atoms with Crippen LogP contribution in [-0.2, 0) is 32.5 Å². The van der Waals surface area contributed by atoms with E-state index in [0.29, 0.717) is 44.3 Å². The number of carboxylic acid groups (broad SMARTS) is 1. The number of nitrogens with zero attached hydrogens (tertiary/aromatic N) is 7. The normalized spacial score (nSPS) is 20.2. The molecule has 3 aliphatic rings. The maximum absolute atomic E-state index is 12.6. The molecule has 2 aromatic carbocycles. The summed E-state index contributed by atoms with van der Waals surface area (Å²) in [5.41, 5.74) is 2.91. The Balaban J connectivity index is 1.24. The Morgan fingerprint density at radius 3 is 2.68 bits per heavy atom. The fourth-order valence-electron chi connectivity index (χ4n) is 7.36. The van der Waals surface area contributed by atoms with E-state index in [-0.39, 0.29) is 38.2 Å². The Morgan fingerprint density at radius 2 is 1.90 bits per heavy atom. The number of rotatable bonds is 14. The molecule has 1 aromatic heterocycles. The quantitative estimate of drug-likeness (QED) is 0.192. The van der Waals surface area contributed by atoms with Crippen molar-refractivity contribution in [2.75, 3.05) is 81.7 Å². The predicted octanol–water partition coefficient (Wildman–Crippen LogP) is 3.94. The number of halogens is 1. The molecule has 15 heteroatoms. The van der Waals surface area contributed by atoms with Gasteiger partial charge in [-0.15, -0.1) is 0 Å². The summed E-state index contributed by atoms with van der Waals surface area (Å²) in [6.45, 7) is 12.8. The minimum absolute atomic E-state index is 0.00397. The van der Waals surface area contributed by atoms with Gasteiger partial charge in [0.05, 0.1) is 36.5 Å². The molecule has 4 heterocycles. The SMILES string of the molecule is [C-]#[N+]C[C@H]1CN(c2nc(OC[C@@H]3CCCN3CCCOCCC(=O)O)nc3c2CCN(c2cccc4cccc(Cl)c24)C3)CCN1S(C)(=O)=O. The predicted molar refractivity (Wildman–Crippen MR) is 193 cm³/mol. The van der Waals surface area contributed by atoms with Gasteiger partial charge in [-0.3, -0.25) is 9.69 Å². The van der Waals surface area contributed by atoms with E-state index in [2.05, 4.69) is 37.7 Å². The first kappa shape index (κ1) is 36.1. The number of anilines is 2. The first-order chi connectivity index (χ1) is 24.1. The Morgan fingerprint density at radius 1 is 1.08 bits per heavy atom. The number of hydrogen-bond donors (Lipinski definition) is 1. The fraction of sp³-hybridized carbons (Fsp3) is 0.543. The second-order valence-corrected chi connectivity index (χ2v) is 15.5. The van der Waals surface area contributed by atoms with Gasteiger partial charge in [-0.05, 0) is 49.7 Å². The summed E-state index contributed by atoms with van der Waals surface area (Å²) in [6.07, 6.45) is 4.72. The van der Waals surface area contributed by atoms with Crippen LogP contribution in [0.1, 0.15) is 36.9 Å². The highest BCUT2D eigenvalue weighted by molar-refractivity contribution is 7.88. The van der Waals surface area contributed by atoms with Crippen LogP contribution < -0.4 is 14.5 Å². The molecule has 0 radical (unpaired) electrons. The number of aliphatic carboxylic acids is 1. The van der Waals surface area contributed by atoms with Crippen molar-refractivity contribution in [1.29, 1.82) is 0 Å². The molecule has 0 spiro atoms.